The van der Waals surface area contributed by atoms with E-state index in [9.17, 15) is 31.2 Å². The second-order valence-corrected chi connectivity index (χ2v) is 9.95. The van der Waals surface area contributed by atoms with Gasteiger partial charge in [-0.15, -0.1) is 0 Å². The van der Waals surface area contributed by atoms with Crippen LogP contribution in [0.15, 0.2) is 58.3 Å². The molecule has 0 saturated carbocycles. The van der Waals surface area contributed by atoms with Gasteiger partial charge in [0.2, 0.25) is 6.41 Å². The van der Waals surface area contributed by atoms with Crippen molar-refractivity contribution in [3.8, 4) is 0 Å². The monoisotopic (exact) mass is 435 g/mol. The van der Waals surface area contributed by atoms with Crippen molar-refractivity contribution in [3.63, 3.8) is 0 Å². The van der Waals surface area contributed by atoms with Crippen LogP contribution >= 0.6 is 0 Å². The number of nitrogens with zero attached hydrogens (tertiary/aromatic N) is 3. The molecule has 0 unspecified atom stereocenters. The maximum absolute atomic E-state index is 12.6. The van der Waals surface area contributed by atoms with E-state index in [0.29, 0.717) is 8.61 Å². The van der Waals surface area contributed by atoms with Gasteiger partial charge in [-0.1, -0.05) is 24.3 Å². The number of hydrogen-bond donors (Lipinski definition) is 0. The summed E-state index contributed by atoms with van der Waals surface area (Å²) >= 11 is 0. The average Bonchev–Trinajstić information content (AvgIpc) is 3.02. The Kier molecular flexibility index (Phi) is 4.20. The van der Waals surface area contributed by atoms with Crippen molar-refractivity contribution < 1.29 is 31.2 Å². The van der Waals surface area contributed by atoms with Crippen LogP contribution in [0.3, 0.4) is 0 Å². The molecule has 29 heavy (non-hydrogen) atoms. The summed E-state index contributed by atoms with van der Waals surface area (Å²) in [4.78, 5) is 36.8. The molecule has 0 bridgehead atoms. The van der Waals surface area contributed by atoms with E-state index >= 15 is 0 Å². The molecule has 0 spiro atoms. The molecule has 0 saturated heterocycles. The minimum Gasteiger partial charge on any atom is -0.307 e. The Morgan fingerprint density at radius 2 is 1.10 bits per heavy atom. The van der Waals surface area contributed by atoms with Crippen LogP contribution in [0.4, 0.5) is 0 Å². The van der Waals surface area contributed by atoms with Gasteiger partial charge in [0.25, 0.3) is 31.9 Å². The minimum absolute atomic E-state index is 0.0457. The molecule has 12 heteroatoms. The largest absolute Gasteiger partial charge is 0.307 e. The Hall–Kier alpha value is -3.25. The van der Waals surface area contributed by atoms with Crippen LogP contribution in [0.25, 0.3) is 0 Å². The fraction of sp³-hybridized carbons (Fsp3) is 0.118. The number of sulfonamides is 2. The third-order valence-electron chi connectivity index (χ3n) is 4.59. The first kappa shape index (κ1) is 19.1. The van der Waals surface area contributed by atoms with Crippen molar-refractivity contribution >= 4 is 38.3 Å². The van der Waals surface area contributed by atoms with E-state index in [1.54, 1.807) is 0 Å². The van der Waals surface area contributed by atoms with Crippen molar-refractivity contribution in [3.05, 3.63) is 59.7 Å². The lowest BCUT2D eigenvalue weighted by atomic mass is 10.2. The van der Waals surface area contributed by atoms with Crippen LogP contribution < -0.4 is 0 Å². The molecule has 2 aromatic carbocycles. The van der Waals surface area contributed by atoms with Crippen molar-refractivity contribution in [2.24, 2.45) is 0 Å². The van der Waals surface area contributed by atoms with Crippen LogP contribution in [-0.4, -0.2) is 61.9 Å². The molecule has 2 aromatic rings. The van der Waals surface area contributed by atoms with E-state index in [1.807, 2.05) is 0 Å². The highest BCUT2D eigenvalue weighted by atomic mass is 32.2. The van der Waals surface area contributed by atoms with Gasteiger partial charge in [0.15, 0.2) is 0 Å². The standard InChI is InChI=1S/C17H13N3O7S2/c21-11-18(9-19-16(22)12-5-1-3-7-14(12)28(19,24)25)10-20-17(23)13-6-2-4-8-15(13)29(20,26)27/h1-8,11H,9-10H2. The van der Waals surface area contributed by atoms with Crippen molar-refractivity contribution in [2.45, 2.75) is 9.79 Å². The van der Waals surface area contributed by atoms with Gasteiger partial charge < -0.3 is 4.90 Å². The third kappa shape index (κ3) is 2.71. The Morgan fingerprint density at radius 3 is 1.45 bits per heavy atom. The summed E-state index contributed by atoms with van der Waals surface area (Å²) in [6.45, 7) is -1.48. The van der Waals surface area contributed by atoms with Crippen LogP contribution in [0.2, 0.25) is 0 Å². The van der Waals surface area contributed by atoms with Crippen LogP contribution in [0.5, 0.6) is 0 Å². The highest BCUT2D eigenvalue weighted by Gasteiger charge is 2.44. The highest BCUT2D eigenvalue weighted by molar-refractivity contribution is 7.90. The van der Waals surface area contributed by atoms with Gasteiger partial charge in [-0.05, 0) is 24.3 Å². The quantitative estimate of drug-likeness (QED) is 0.607. The second kappa shape index (κ2) is 6.39. The van der Waals surface area contributed by atoms with Crippen molar-refractivity contribution in [2.75, 3.05) is 13.3 Å². The SMILES string of the molecule is O=CN(CN1C(=O)c2ccccc2S1(=O)=O)CN1C(=O)c2ccccc2S1(=O)=O. The fourth-order valence-electron chi connectivity index (χ4n) is 3.18. The molecule has 10 nitrogen and oxygen atoms in total. The number of amides is 3. The van der Waals surface area contributed by atoms with Gasteiger partial charge >= 0.3 is 0 Å². The lowest BCUT2D eigenvalue weighted by Crippen LogP contribution is -2.47. The number of rotatable bonds is 5. The minimum atomic E-state index is -4.20. The number of fused-ring (bicyclic) bond motifs is 2. The number of carbonyl (C=O) groups excluding carboxylic acids is 3. The van der Waals surface area contributed by atoms with E-state index in [1.165, 1.54) is 48.5 Å². The van der Waals surface area contributed by atoms with E-state index in [0.717, 1.165) is 4.90 Å². The molecule has 0 aliphatic carbocycles. The molecular weight excluding hydrogens is 422 g/mol. The lowest BCUT2D eigenvalue weighted by Gasteiger charge is -2.27. The number of carbonyl (C=O) groups is 3. The Morgan fingerprint density at radius 1 is 0.724 bits per heavy atom. The molecule has 3 amide bonds. The maximum Gasteiger partial charge on any atom is 0.270 e. The molecule has 2 aliphatic rings. The first-order valence-corrected chi connectivity index (χ1v) is 11.1. The molecule has 0 N–H and O–H groups in total. The second-order valence-electron chi connectivity index (χ2n) is 6.29. The van der Waals surface area contributed by atoms with Crippen LogP contribution in [-0.2, 0) is 24.8 Å². The lowest BCUT2D eigenvalue weighted by molar-refractivity contribution is -0.119. The molecule has 4 rings (SSSR count). The summed E-state index contributed by atoms with van der Waals surface area (Å²) in [5, 5.41) is 0. The summed E-state index contributed by atoms with van der Waals surface area (Å²) in [7, 11) is -8.40. The van der Waals surface area contributed by atoms with Crippen LogP contribution in [0, 0.1) is 0 Å². The normalized spacial score (nSPS) is 18.5. The first-order valence-electron chi connectivity index (χ1n) is 8.21. The van der Waals surface area contributed by atoms with Crippen LogP contribution in [0.1, 0.15) is 20.7 Å². The topological polar surface area (TPSA) is 129 Å². The molecule has 2 aliphatic heterocycles. The third-order valence-corrected chi connectivity index (χ3v) is 8.14. The number of hydrogen-bond acceptors (Lipinski definition) is 7. The molecular formula is C17H13N3O7S2. The zero-order valence-electron chi connectivity index (χ0n) is 14.6. The molecule has 0 fully saturated rings. The zero-order valence-corrected chi connectivity index (χ0v) is 16.3. The van der Waals surface area contributed by atoms with Gasteiger partial charge in [0, 0.05) is 0 Å². The molecule has 0 atom stereocenters. The summed E-state index contributed by atoms with van der Waals surface area (Å²) in [5.74, 6) is -1.68. The Labute approximate surface area is 166 Å². The summed E-state index contributed by atoms with van der Waals surface area (Å²) < 4.78 is 51.4. The van der Waals surface area contributed by atoms with Gasteiger partial charge in [0.1, 0.15) is 23.1 Å². The Balaban J connectivity index is 1.62. The summed E-state index contributed by atoms with van der Waals surface area (Å²) in [5.41, 5.74) is -0.0914. The van der Waals surface area contributed by atoms with E-state index in [2.05, 4.69) is 0 Å². The maximum atomic E-state index is 12.6. The zero-order chi connectivity index (χ0) is 21.0. The van der Waals surface area contributed by atoms with Crippen molar-refractivity contribution in [1.82, 2.24) is 13.5 Å². The van der Waals surface area contributed by atoms with Gasteiger partial charge in [-0.2, -0.15) is 0 Å². The first-order chi connectivity index (χ1) is 13.7. The number of benzene rings is 2. The van der Waals surface area contributed by atoms with E-state index in [-0.39, 0.29) is 27.3 Å². The molecule has 2 heterocycles. The van der Waals surface area contributed by atoms with E-state index in [4.69, 9.17) is 0 Å². The summed E-state index contributed by atoms with van der Waals surface area (Å²) in [6.07, 6.45) is 0.178. The van der Waals surface area contributed by atoms with Gasteiger partial charge in [0.05, 0.1) is 11.1 Å². The predicted octanol–water partition coefficient (Wildman–Crippen LogP) is 0.0492. The molecule has 150 valence electrons. The highest BCUT2D eigenvalue weighted by Crippen LogP contribution is 2.32. The van der Waals surface area contributed by atoms with Crippen molar-refractivity contribution in [1.29, 1.82) is 0 Å². The summed E-state index contributed by atoms with van der Waals surface area (Å²) in [6, 6.07) is 11.1. The fourth-order valence-corrected chi connectivity index (χ4v) is 6.26. The van der Waals surface area contributed by atoms with Gasteiger partial charge in [-0.25, -0.2) is 25.4 Å². The predicted molar refractivity (Wildman–Crippen MR) is 97.2 cm³/mol. The van der Waals surface area contributed by atoms with Gasteiger partial charge in [-0.3, -0.25) is 14.4 Å². The van der Waals surface area contributed by atoms with E-state index < -0.39 is 45.2 Å². The smallest absolute Gasteiger partial charge is 0.270 e. The Bertz CT molecular complexity index is 1180. The molecule has 0 aromatic heterocycles. The molecule has 0 radical (unpaired) electrons. The average molecular weight is 435 g/mol.